The smallest absolute Gasteiger partial charge is 0.144 e. The normalized spacial score (nSPS) is 19.8. The summed E-state index contributed by atoms with van der Waals surface area (Å²) in [5.74, 6) is 3.17. The minimum absolute atomic E-state index is 0.481. The molecule has 0 radical (unpaired) electrons. The minimum atomic E-state index is 0.481. The van der Waals surface area contributed by atoms with Gasteiger partial charge in [0.1, 0.15) is 11.6 Å². The van der Waals surface area contributed by atoms with Crippen LogP contribution in [0.25, 0.3) is 0 Å². The van der Waals surface area contributed by atoms with E-state index in [-0.39, 0.29) is 0 Å². The molecule has 3 nitrogen and oxygen atoms in total. The predicted octanol–water partition coefficient (Wildman–Crippen LogP) is 4.19. The first-order valence-electron chi connectivity index (χ1n) is 6.62. The Bertz CT molecular complexity index is 405. The number of aryl methyl sites for hydroxylation is 1. The van der Waals surface area contributed by atoms with Gasteiger partial charge in [-0.1, -0.05) is 19.8 Å². The van der Waals surface area contributed by atoms with Crippen LogP contribution < -0.4 is 5.32 Å². The van der Waals surface area contributed by atoms with Crippen LogP contribution in [0.5, 0.6) is 0 Å². The zero-order valence-corrected chi connectivity index (χ0v) is 13.4. The topological polar surface area (TPSA) is 37.8 Å². The van der Waals surface area contributed by atoms with E-state index in [9.17, 15) is 0 Å². The maximum atomic E-state index is 4.78. The molecule has 1 aliphatic heterocycles. The third-order valence-corrected chi connectivity index (χ3v) is 5.33. The maximum absolute atomic E-state index is 4.78. The molecule has 0 spiro atoms. The third-order valence-electron chi connectivity index (χ3n) is 3.13. The summed E-state index contributed by atoms with van der Waals surface area (Å²) in [6, 6.07) is 0. The number of nitrogens with zero attached hydrogens (tertiary/aromatic N) is 2. The molecule has 2 heterocycles. The molecule has 1 aromatic rings. The quantitative estimate of drug-likeness (QED) is 0.898. The Kier molecular flexibility index (Phi) is 5.30. The summed E-state index contributed by atoms with van der Waals surface area (Å²) < 4.78 is 1.02. The average molecular weight is 330 g/mol. The van der Waals surface area contributed by atoms with Crippen molar-refractivity contribution >= 4 is 33.5 Å². The SMILES string of the molecule is CCCc1nc(C2CCCCS2)nc(NC)c1Br. The predicted molar refractivity (Wildman–Crippen MR) is 82.3 cm³/mol. The third kappa shape index (κ3) is 3.18. The van der Waals surface area contributed by atoms with E-state index in [0.29, 0.717) is 5.25 Å². The fraction of sp³-hybridized carbons (Fsp3) is 0.692. The second-order valence-electron chi connectivity index (χ2n) is 4.55. The highest BCUT2D eigenvalue weighted by Gasteiger charge is 2.21. The maximum Gasteiger partial charge on any atom is 0.144 e. The minimum Gasteiger partial charge on any atom is -0.372 e. The Morgan fingerprint density at radius 2 is 2.22 bits per heavy atom. The summed E-state index contributed by atoms with van der Waals surface area (Å²) >= 11 is 5.61. The molecule has 0 aliphatic carbocycles. The number of anilines is 1. The van der Waals surface area contributed by atoms with Crippen molar-refractivity contribution in [3.8, 4) is 0 Å². The molecular formula is C13H20BrN3S. The molecule has 1 saturated heterocycles. The number of thioether (sulfide) groups is 1. The van der Waals surface area contributed by atoms with Gasteiger partial charge in [0, 0.05) is 7.05 Å². The first-order valence-corrected chi connectivity index (χ1v) is 8.46. The molecule has 5 heteroatoms. The van der Waals surface area contributed by atoms with Crippen LogP contribution in [0, 0.1) is 0 Å². The second-order valence-corrected chi connectivity index (χ2v) is 6.65. The molecule has 1 unspecified atom stereocenters. The zero-order chi connectivity index (χ0) is 13.0. The van der Waals surface area contributed by atoms with Crippen molar-refractivity contribution < 1.29 is 0 Å². The van der Waals surface area contributed by atoms with Gasteiger partial charge in [0.2, 0.25) is 0 Å². The highest BCUT2D eigenvalue weighted by atomic mass is 79.9. The Morgan fingerprint density at radius 1 is 1.39 bits per heavy atom. The van der Waals surface area contributed by atoms with Gasteiger partial charge in [-0.15, -0.1) is 0 Å². The molecule has 1 fully saturated rings. The van der Waals surface area contributed by atoms with Crippen molar-refractivity contribution in [3.05, 3.63) is 16.0 Å². The van der Waals surface area contributed by atoms with Gasteiger partial charge in [-0.05, 0) is 40.9 Å². The molecule has 1 atom stereocenters. The molecule has 1 N–H and O–H groups in total. The summed E-state index contributed by atoms with van der Waals surface area (Å²) in [6.07, 6.45) is 5.95. The van der Waals surface area contributed by atoms with Gasteiger partial charge in [-0.2, -0.15) is 11.8 Å². The molecule has 2 rings (SSSR count). The van der Waals surface area contributed by atoms with Crippen LogP contribution in [0.15, 0.2) is 4.47 Å². The molecule has 0 aromatic carbocycles. The van der Waals surface area contributed by atoms with Crippen molar-refractivity contribution in [2.45, 2.75) is 44.3 Å². The van der Waals surface area contributed by atoms with E-state index >= 15 is 0 Å². The molecule has 0 saturated carbocycles. The van der Waals surface area contributed by atoms with E-state index in [1.807, 2.05) is 18.8 Å². The first-order chi connectivity index (χ1) is 8.76. The summed E-state index contributed by atoms with van der Waals surface area (Å²) in [5, 5.41) is 3.65. The van der Waals surface area contributed by atoms with Crippen molar-refractivity contribution in [2.24, 2.45) is 0 Å². The van der Waals surface area contributed by atoms with Crippen LogP contribution in [0.1, 0.15) is 49.4 Å². The summed E-state index contributed by atoms with van der Waals surface area (Å²) in [6.45, 7) is 2.18. The highest BCUT2D eigenvalue weighted by Crippen LogP contribution is 2.38. The van der Waals surface area contributed by atoms with Crippen LogP contribution in [0.3, 0.4) is 0 Å². The molecular weight excluding hydrogens is 310 g/mol. The van der Waals surface area contributed by atoms with Crippen molar-refractivity contribution in [1.29, 1.82) is 0 Å². The number of hydrogen-bond donors (Lipinski definition) is 1. The van der Waals surface area contributed by atoms with Gasteiger partial charge in [0.15, 0.2) is 0 Å². The Labute approximate surface area is 122 Å². The van der Waals surface area contributed by atoms with Gasteiger partial charge >= 0.3 is 0 Å². The van der Waals surface area contributed by atoms with Crippen LogP contribution in [-0.2, 0) is 6.42 Å². The van der Waals surface area contributed by atoms with E-state index < -0.39 is 0 Å². The standard InChI is InChI=1S/C13H20BrN3S/c1-3-6-9-11(14)13(15-2)17-12(16-9)10-7-4-5-8-18-10/h10H,3-8H2,1-2H3,(H,15,16,17). The van der Waals surface area contributed by atoms with Crippen LogP contribution in [0.4, 0.5) is 5.82 Å². The van der Waals surface area contributed by atoms with Gasteiger partial charge in [-0.25, -0.2) is 9.97 Å². The number of nitrogens with one attached hydrogen (secondary N) is 1. The zero-order valence-electron chi connectivity index (χ0n) is 11.0. The lowest BCUT2D eigenvalue weighted by Crippen LogP contribution is -2.11. The Morgan fingerprint density at radius 3 is 2.83 bits per heavy atom. The highest BCUT2D eigenvalue weighted by molar-refractivity contribution is 9.10. The number of hydrogen-bond acceptors (Lipinski definition) is 4. The van der Waals surface area contributed by atoms with Crippen LogP contribution in [0.2, 0.25) is 0 Å². The lowest BCUT2D eigenvalue weighted by molar-refractivity contribution is 0.657. The Hall–Kier alpha value is -0.290. The summed E-state index contributed by atoms with van der Waals surface area (Å²) in [4.78, 5) is 9.44. The van der Waals surface area contributed by atoms with Crippen molar-refractivity contribution in [3.63, 3.8) is 0 Å². The molecule has 0 amide bonds. The monoisotopic (exact) mass is 329 g/mol. The van der Waals surface area contributed by atoms with Crippen LogP contribution in [-0.4, -0.2) is 22.8 Å². The van der Waals surface area contributed by atoms with Gasteiger partial charge < -0.3 is 5.32 Å². The van der Waals surface area contributed by atoms with Crippen molar-refractivity contribution in [1.82, 2.24) is 9.97 Å². The van der Waals surface area contributed by atoms with E-state index in [0.717, 1.165) is 34.7 Å². The van der Waals surface area contributed by atoms with E-state index in [4.69, 9.17) is 4.98 Å². The second kappa shape index (κ2) is 6.75. The fourth-order valence-corrected chi connectivity index (χ4v) is 3.99. The van der Waals surface area contributed by atoms with E-state index in [2.05, 4.69) is 33.2 Å². The van der Waals surface area contributed by atoms with Gasteiger partial charge in [0.05, 0.1) is 15.4 Å². The largest absolute Gasteiger partial charge is 0.372 e. The summed E-state index contributed by atoms with van der Waals surface area (Å²) in [5.41, 5.74) is 1.14. The fourth-order valence-electron chi connectivity index (χ4n) is 2.17. The van der Waals surface area contributed by atoms with Gasteiger partial charge in [0.25, 0.3) is 0 Å². The number of halogens is 1. The first kappa shape index (κ1) is 14.1. The lowest BCUT2D eigenvalue weighted by atomic mass is 10.1. The van der Waals surface area contributed by atoms with Gasteiger partial charge in [-0.3, -0.25) is 0 Å². The number of aromatic nitrogens is 2. The molecule has 1 aromatic heterocycles. The van der Waals surface area contributed by atoms with Crippen molar-refractivity contribution in [2.75, 3.05) is 18.1 Å². The summed E-state index contributed by atoms with van der Waals surface area (Å²) in [7, 11) is 1.92. The average Bonchev–Trinajstić information content (AvgIpc) is 2.42. The molecule has 1 aliphatic rings. The van der Waals surface area contributed by atoms with Crippen LogP contribution >= 0.6 is 27.7 Å². The molecule has 18 heavy (non-hydrogen) atoms. The number of rotatable bonds is 4. The lowest BCUT2D eigenvalue weighted by Gasteiger charge is -2.21. The Balaban J connectivity index is 2.31. The molecule has 0 bridgehead atoms. The van der Waals surface area contributed by atoms with E-state index in [1.165, 1.54) is 25.0 Å². The molecule has 100 valence electrons. The van der Waals surface area contributed by atoms with E-state index in [1.54, 1.807) is 0 Å².